The number of nitrogens with zero attached hydrogens (tertiary/aromatic N) is 1. The highest BCUT2D eigenvalue weighted by Gasteiger charge is 2.35. The van der Waals surface area contributed by atoms with Crippen molar-refractivity contribution in [3.05, 3.63) is 70.6 Å². The van der Waals surface area contributed by atoms with Crippen LogP contribution in [0.3, 0.4) is 0 Å². The molecule has 1 heterocycles. The van der Waals surface area contributed by atoms with Gasteiger partial charge in [-0.1, -0.05) is 72.0 Å². The molecule has 2 aromatic rings. The van der Waals surface area contributed by atoms with E-state index >= 15 is 0 Å². The first-order chi connectivity index (χ1) is 11.9. The van der Waals surface area contributed by atoms with E-state index in [0.717, 1.165) is 27.9 Å². The van der Waals surface area contributed by atoms with Crippen molar-refractivity contribution in [2.24, 2.45) is 0 Å². The Bertz CT molecular complexity index is 952. The summed E-state index contributed by atoms with van der Waals surface area (Å²) in [7, 11) is -3.90. The SMILES string of the molecule is Cc1ccc(S(=O)(=O)NN2C(=O)/C(=C\c3ccccc3)SC2=S)cc1. The number of carbonyl (C=O) groups is 1. The molecule has 0 bridgehead atoms. The van der Waals surface area contributed by atoms with E-state index in [1.54, 1.807) is 18.2 Å². The predicted molar refractivity (Wildman–Crippen MR) is 103 cm³/mol. The Labute approximate surface area is 155 Å². The molecule has 3 rings (SSSR count). The molecule has 1 saturated heterocycles. The highest BCUT2D eigenvalue weighted by atomic mass is 32.2. The van der Waals surface area contributed by atoms with Crippen LogP contribution in [0.15, 0.2) is 64.4 Å². The van der Waals surface area contributed by atoms with E-state index in [1.165, 1.54) is 12.1 Å². The van der Waals surface area contributed by atoms with Gasteiger partial charge in [0.1, 0.15) is 0 Å². The Balaban J connectivity index is 1.83. The number of benzene rings is 2. The molecule has 0 unspecified atom stereocenters. The van der Waals surface area contributed by atoms with Crippen molar-refractivity contribution in [2.75, 3.05) is 0 Å². The van der Waals surface area contributed by atoms with Gasteiger partial charge < -0.3 is 0 Å². The van der Waals surface area contributed by atoms with E-state index < -0.39 is 15.9 Å². The van der Waals surface area contributed by atoms with Crippen LogP contribution in [0.4, 0.5) is 0 Å². The molecule has 0 aliphatic carbocycles. The fourth-order valence-corrected chi connectivity index (χ4v) is 4.45. The first kappa shape index (κ1) is 17.8. The molecule has 8 heteroatoms. The molecular weight excluding hydrogens is 376 g/mol. The second-order valence-electron chi connectivity index (χ2n) is 5.34. The molecule has 25 heavy (non-hydrogen) atoms. The molecule has 1 aliphatic rings. The number of thiocarbonyl (C=S) groups is 1. The third kappa shape index (κ3) is 3.98. The van der Waals surface area contributed by atoms with Gasteiger partial charge in [0.2, 0.25) is 0 Å². The topological polar surface area (TPSA) is 66.5 Å². The predicted octanol–water partition coefficient (Wildman–Crippen LogP) is 3.09. The lowest BCUT2D eigenvalue weighted by Gasteiger charge is -2.16. The number of amides is 1. The largest absolute Gasteiger partial charge is 0.281 e. The van der Waals surface area contributed by atoms with Gasteiger partial charge in [0.15, 0.2) is 4.32 Å². The van der Waals surface area contributed by atoms with Crippen LogP contribution in [0.5, 0.6) is 0 Å². The van der Waals surface area contributed by atoms with Gasteiger partial charge >= 0.3 is 0 Å². The summed E-state index contributed by atoms with van der Waals surface area (Å²) in [6.45, 7) is 1.86. The monoisotopic (exact) mass is 390 g/mol. The molecule has 5 nitrogen and oxygen atoms in total. The van der Waals surface area contributed by atoms with E-state index in [0.29, 0.717) is 4.91 Å². The summed E-state index contributed by atoms with van der Waals surface area (Å²) >= 11 is 6.21. The van der Waals surface area contributed by atoms with Crippen LogP contribution in [-0.2, 0) is 14.8 Å². The molecule has 0 saturated carbocycles. The summed E-state index contributed by atoms with van der Waals surface area (Å²) in [4.78, 5) is 15.2. The maximum Gasteiger partial charge on any atom is 0.281 e. The van der Waals surface area contributed by atoms with Crippen molar-refractivity contribution in [1.29, 1.82) is 0 Å². The van der Waals surface area contributed by atoms with Gasteiger partial charge in [0.25, 0.3) is 15.9 Å². The average Bonchev–Trinajstić information content (AvgIpc) is 2.83. The lowest BCUT2D eigenvalue weighted by atomic mass is 10.2. The molecule has 128 valence electrons. The van der Waals surface area contributed by atoms with Crippen LogP contribution in [0, 0.1) is 6.92 Å². The standard InChI is InChI=1S/C17H14N2O3S3/c1-12-7-9-14(10-8-12)25(21,22)18-19-16(20)15(24-17(19)23)11-13-5-3-2-4-6-13/h2-11,18H,1H3/b15-11+. The van der Waals surface area contributed by atoms with E-state index in [9.17, 15) is 13.2 Å². The Hall–Kier alpha value is -2.00. The smallest absolute Gasteiger partial charge is 0.267 e. The van der Waals surface area contributed by atoms with Crippen molar-refractivity contribution in [3.8, 4) is 0 Å². The Morgan fingerprint density at radius 2 is 1.72 bits per heavy atom. The Kier molecular flexibility index (Phi) is 5.05. The van der Waals surface area contributed by atoms with Gasteiger partial charge in [0, 0.05) is 0 Å². The molecule has 1 fully saturated rings. The third-order valence-corrected chi connectivity index (χ3v) is 6.05. The molecular formula is C17H14N2O3S3. The lowest BCUT2D eigenvalue weighted by molar-refractivity contribution is -0.123. The van der Waals surface area contributed by atoms with Crippen LogP contribution in [0.25, 0.3) is 6.08 Å². The average molecular weight is 391 g/mol. The molecule has 0 spiro atoms. The van der Waals surface area contributed by atoms with E-state index in [4.69, 9.17) is 12.2 Å². The third-order valence-electron chi connectivity index (χ3n) is 3.43. The molecule has 0 atom stereocenters. The summed E-state index contributed by atoms with van der Waals surface area (Å²) in [5.41, 5.74) is 1.78. The zero-order valence-corrected chi connectivity index (χ0v) is 15.6. The van der Waals surface area contributed by atoms with Crippen LogP contribution in [-0.4, -0.2) is 23.7 Å². The van der Waals surface area contributed by atoms with Gasteiger partial charge in [-0.3, -0.25) is 4.79 Å². The maximum absolute atomic E-state index is 12.5. The first-order valence-electron chi connectivity index (χ1n) is 7.29. The fraction of sp³-hybridized carbons (Fsp3) is 0.0588. The minimum absolute atomic E-state index is 0.0687. The Morgan fingerprint density at radius 3 is 2.36 bits per heavy atom. The number of rotatable bonds is 4. The molecule has 0 aromatic heterocycles. The minimum Gasteiger partial charge on any atom is -0.267 e. The summed E-state index contributed by atoms with van der Waals surface area (Å²) in [5, 5.41) is 0.893. The number of hydrogen-bond acceptors (Lipinski definition) is 5. The summed E-state index contributed by atoms with van der Waals surface area (Å²) in [6, 6.07) is 15.6. The molecule has 2 aromatic carbocycles. The van der Waals surface area contributed by atoms with Crippen LogP contribution >= 0.6 is 24.0 Å². The zero-order valence-electron chi connectivity index (χ0n) is 13.2. The Morgan fingerprint density at radius 1 is 1.08 bits per heavy atom. The van der Waals surface area contributed by atoms with Crippen molar-refractivity contribution in [1.82, 2.24) is 9.84 Å². The molecule has 1 aliphatic heterocycles. The summed E-state index contributed by atoms with van der Waals surface area (Å²) < 4.78 is 25.1. The number of thioether (sulfide) groups is 1. The summed E-state index contributed by atoms with van der Waals surface area (Å²) in [6.07, 6.45) is 1.68. The van der Waals surface area contributed by atoms with E-state index in [-0.39, 0.29) is 9.22 Å². The van der Waals surface area contributed by atoms with Gasteiger partial charge in [-0.15, -0.1) is 4.83 Å². The second-order valence-corrected chi connectivity index (χ2v) is 8.67. The quantitative estimate of drug-likeness (QED) is 0.642. The van der Waals surface area contributed by atoms with Crippen molar-refractivity contribution >= 4 is 50.3 Å². The fourth-order valence-electron chi connectivity index (χ4n) is 2.14. The normalized spacial score (nSPS) is 16.7. The number of sulfonamides is 1. The van der Waals surface area contributed by atoms with Crippen molar-refractivity contribution < 1.29 is 13.2 Å². The number of nitrogens with one attached hydrogen (secondary N) is 1. The maximum atomic E-state index is 12.5. The van der Waals surface area contributed by atoms with E-state index in [1.807, 2.05) is 37.3 Å². The minimum atomic E-state index is -3.90. The van der Waals surface area contributed by atoms with Gasteiger partial charge in [0.05, 0.1) is 9.80 Å². The second kappa shape index (κ2) is 7.09. The van der Waals surface area contributed by atoms with Crippen molar-refractivity contribution in [2.45, 2.75) is 11.8 Å². The summed E-state index contributed by atoms with van der Waals surface area (Å²) in [5.74, 6) is -0.491. The number of hydrogen-bond donors (Lipinski definition) is 1. The first-order valence-corrected chi connectivity index (χ1v) is 10.00. The highest BCUT2D eigenvalue weighted by molar-refractivity contribution is 8.26. The van der Waals surface area contributed by atoms with Gasteiger partial charge in [-0.25, -0.2) is 13.4 Å². The van der Waals surface area contributed by atoms with E-state index in [2.05, 4.69) is 4.83 Å². The van der Waals surface area contributed by atoms with Crippen molar-refractivity contribution in [3.63, 3.8) is 0 Å². The van der Waals surface area contributed by atoms with Gasteiger partial charge in [-0.2, -0.15) is 0 Å². The highest BCUT2D eigenvalue weighted by Crippen LogP contribution is 2.31. The molecule has 1 N–H and O–H groups in total. The zero-order chi connectivity index (χ0) is 18.0. The molecule has 0 radical (unpaired) electrons. The van der Waals surface area contributed by atoms with Gasteiger partial charge in [-0.05, 0) is 30.7 Å². The van der Waals surface area contributed by atoms with Crippen LogP contribution in [0.1, 0.15) is 11.1 Å². The lowest BCUT2D eigenvalue weighted by Crippen LogP contribution is -2.44. The number of carbonyl (C=O) groups excluding carboxylic acids is 1. The van der Waals surface area contributed by atoms with Crippen LogP contribution < -0.4 is 4.83 Å². The number of hydrazine groups is 1. The molecule has 1 amide bonds. The van der Waals surface area contributed by atoms with Crippen LogP contribution in [0.2, 0.25) is 0 Å². The number of aryl methyl sites for hydroxylation is 1.